The number of aromatic nitrogens is 3. The third-order valence-electron chi connectivity index (χ3n) is 7.24. The second kappa shape index (κ2) is 10.0. The van der Waals surface area contributed by atoms with E-state index in [0.717, 1.165) is 60.4 Å². The fraction of sp³-hybridized carbons (Fsp3) is 0.500. The van der Waals surface area contributed by atoms with Crippen molar-refractivity contribution in [2.75, 3.05) is 20.1 Å². The minimum Gasteiger partial charge on any atom is -0.299 e. The van der Waals surface area contributed by atoms with Crippen molar-refractivity contribution in [2.24, 2.45) is 16.3 Å². The van der Waals surface area contributed by atoms with Gasteiger partial charge in [-0.2, -0.15) is 0 Å². The molecule has 0 radical (unpaired) electrons. The van der Waals surface area contributed by atoms with Crippen LogP contribution in [0.1, 0.15) is 64.5 Å². The zero-order valence-electron chi connectivity index (χ0n) is 20.6. The topological polar surface area (TPSA) is 46.3 Å². The van der Waals surface area contributed by atoms with E-state index in [0.29, 0.717) is 6.54 Å². The van der Waals surface area contributed by atoms with Crippen molar-refractivity contribution in [2.45, 2.75) is 59.4 Å². The molecule has 0 spiro atoms. The molecule has 0 amide bonds. The molecule has 1 unspecified atom stereocenters. The lowest BCUT2D eigenvalue weighted by atomic mass is 9.77. The molecule has 0 aromatic carbocycles. The first-order valence-corrected chi connectivity index (χ1v) is 12.3. The Labute approximate surface area is 198 Å². The van der Waals surface area contributed by atoms with Gasteiger partial charge in [-0.15, -0.1) is 15.9 Å². The molecule has 2 aliphatic carbocycles. The predicted octanol–water partition coefficient (Wildman–Crippen LogP) is 5.85. The molecule has 3 aliphatic rings. The van der Waals surface area contributed by atoms with Crippen LogP contribution >= 0.6 is 0 Å². The number of hydrogen-bond donors (Lipinski definition) is 0. The summed E-state index contributed by atoms with van der Waals surface area (Å²) in [6.45, 7) is 13.2. The van der Waals surface area contributed by atoms with E-state index in [1.54, 1.807) is 0 Å². The van der Waals surface area contributed by atoms with E-state index in [9.17, 15) is 0 Å². The average molecular weight is 444 g/mol. The van der Waals surface area contributed by atoms with Crippen LogP contribution in [0, 0.1) is 11.3 Å². The van der Waals surface area contributed by atoms with E-state index >= 15 is 0 Å². The van der Waals surface area contributed by atoms with E-state index < -0.39 is 0 Å². The standard InChI is InChI=1S/C28H37N5/c1-6-32(5)20-25-30-31-27-22(3)19-21(2)26(29-17-7-8-18-33(25)27)28(4)15-10-13-24(14-16-28)23-11-9-12-23/h7,13-14,16,18-19,23H,3,6,9-12,15,17,20H2,1-2,4-5H3/b21-19-,29-26?. The van der Waals surface area contributed by atoms with E-state index in [1.807, 2.05) is 16.8 Å². The number of allylic oxidation sites excluding steroid dienone is 7. The average Bonchev–Trinajstić information content (AvgIpc) is 3.02. The molecule has 1 atom stereocenters. The summed E-state index contributed by atoms with van der Waals surface area (Å²) in [5.41, 5.74) is 7.80. The number of fused-ring (bicyclic) bond motifs is 1. The van der Waals surface area contributed by atoms with Crippen molar-refractivity contribution in [3.63, 3.8) is 0 Å². The molecule has 0 saturated heterocycles. The Morgan fingerprint density at radius 3 is 2.85 bits per heavy atom. The second-order valence-corrected chi connectivity index (χ2v) is 9.80. The zero-order chi connectivity index (χ0) is 23.4. The largest absolute Gasteiger partial charge is 0.299 e. The SMILES string of the molecule is C=C1/C=C(/C)C(C2(C)C=CC(C3CCC3)=CCC2)=NCC=C=Cn2c(CN(C)CC)nnc21. The molecular weight excluding hydrogens is 406 g/mol. The number of nitrogens with zero attached hydrogens (tertiary/aromatic N) is 5. The maximum Gasteiger partial charge on any atom is 0.168 e. The van der Waals surface area contributed by atoms with Gasteiger partial charge >= 0.3 is 0 Å². The van der Waals surface area contributed by atoms with Crippen LogP contribution in [-0.4, -0.2) is 45.5 Å². The molecule has 0 bridgehead atoms. The maximum atomic E-state index is 5.06. The zero-order valence-corrected chi connectivity index (χ0v) is 20.6. The Morgan fingerprint density at radius 1 is 1.30 bits per heavy atom. The third kappa shape index (κ3) is 5.10. The molecule has 1 aromatic rings. The van der Waals surface area contributed by atoms with Gasteiger partial charge in [0.1, 0.15) is 0 Å². The van der Waals surface area contributed by atoms with Crippen LogP contribution in [0.4, 0.5) is 0 Å². The van der Waals surface area contributed by atoms with E-state index in [2.05, 4.69) is 79.5 Å². The van der Waals surface area contributed by atoms with Crippen LogP contribution in [0.15, 0.2) is 58.8 Å². The highest BCUT2D eigenvalue weighted by molar-refractivity contribution is 6.06. The quantitative estimate of drug-likeness (QED) is 0.536. The highest BCUT2D eigenvalue weighted by Crippen LogP contribution is 2.39. The molecule has 5 nitrogen and oxygen atoms in total. The van der Waals surface area contributed by atoms with Crippen molar-refractivity contribution in [1.29, 1.82) is 0 Å². The van der Waals surface area contributed by atoms with Gasteiger partial charge in [-0.1, -0.05) is 45.1 Å². The van der Waals surface area contributed by atoms with Gasteiger partial charge in [-0.05, 0) is 75.4 Å². The van der Waals surface area contributed by atoms with Crippen molar-refractivity contribution in [3.05, 3.63) is 65.5 Å². The van der Waals surface area contributed by atoms with Crippen LogP contribution in [0.3, 0.4) is 0 Å². The Balaban J connectivity index is 1.66. The second-order valence-electron chi connectivity index (χ2n) is 9.80. The third-order valence-corrected chi connectivity index (χ3v) is 7.24. The first kappa shape index (κ1) is 23.4. The van der Waals surface area contributed by atoms with Gasteiger partial charge < -0.3 is 0 Å². The van der Waals surface area contributed by atoms with Crippen LogP contribution < -0.4 is 0 Å². The molecule has 1 aromatic heterocycles. The molecule has 4 rings (SSSR count). The lowest BCUT2D eigenvalue weighted by Gasteiger charge is -2.28. The number of rotatable bonds is 5. The summed E-state index contributed by atoms with van der Waals surface area (Å²) in [6, 6.07) is 0. The van der Waals surface area contributed by atoms with Gasteiger partial charge in [0, 0.05) is 16.7 Å². The normalized spacial score (nSPS) is 25.5. The van der Waals surface area contributed by atoms with Crippen LogP contribution in [0.2, 0.25) is 0 Å². The summed E-state index contributed by atoms with van der Waals surface area (Å²) in [5.74, 6) is 2.40. The van der Waals surface area contributed by atoms with Crippen molar-refractivity contribution >= 4 is 17.5 Å². The van der Waals surface area contributed by atoms with E-state index in [1.165, 1.54) is 24.8 Å². The maximum absolute atomic E-state index is 5.06. The molecule has 2 heterocycles. The van der Waals surface area contributed by atoms with Crippen LogP contribution in [0.25, 0.3) is 11.8 Å². The van der Waals surface area contributed by atoms with Crippen LogP contribution in [0.5, 0.6) is 0 Å². The molecule has 33 heavy (non-hydrogen) atoms. The molecule has 1 aliphatic heterocycles. The Hall–Kier alpha value is -2.75. The Bertz CT molecular complexity index is 1090. The van der Waals surface area contributed by atoms with Gasteiger partial charge in [0.2, 0.25) is 0 Å². The lowest BCUT2D eigenvalue weighted by molar-refractivity contribution is 0.334. The van der Waals surface area contributed by atoms with Crippen molar-refractivity contribution in [1.82, 2.24) is 19.7 Å². The fourth-order valence-corrected chi connectivity index (χ4v) is 4.82. The number of aliphatic imine (C=N–C) groups is 1. The van der Waals surface area contributed by atoms with Gasteiger partial charge in [-0.25, -0.2) is 0 Å². The summed E-state index contributed by atoms with van der Waals surface area (Å²) in [5, 5.41) is 8.92. The molecule has 174 valence electrons. The van der Waals surface area contributed by atoms with E-state index in [4.69, 9.17) is 4.99 Å². The molecule has 1 fully saturated rings. The highest BCUT2D eigenvalue weighted by Gasteiger charge is 2.31. The van der Waals surface area contributed by atoms with Gasteiger partial charge in [-0.3, -0.25) is 14.5 Å². The predicted molar refractivity (Wildman–Crippen MR) is 138 cm³/mol. The minimum atomic E-state index is -0.114. The summed E-state index contributed by atoms with van der Waals surface area (Å²) in [7, 11) is 2.08. The Morgan fingerprint density at radius 2 is 2.12 bits per heavy atom. The minimum absolute atomic E-state index is 0.114. The van der Waals surface area contributed by atoms with Crippen molar-refractivity contribution < 1.29 is 0 Å². The Kier molecular flexibility index (Phi) is 7.11. The highest BCUT2D eigenvalue weighted by atomic mass is 15.3. The van der Waals surface area contributed by atoms with Gasteiger partial charge in [0.25, 0.3) is 0 Å². The summed E-state index contributed by atoms with van der Waals surface area (Å²) in [4.78, 5) is 7.26. The van der Waals surface area contributed by atoms with E-state index in [-0.39, 0.29) is 5.41 Å². The number of hydrogen-bond acceptors (Lipinski definition) is 4. The molecule has 0 N–H and O–H groups in total. The van der Waals surface area contributed by atoms with Gasteiger partial charge in [0.15, 0.2) is 11.6 Å². The summed E-state index contributed by atoms with van der Waals surface area (Å²) >= 11 is 0. The first-order valence-electron chi connectivity index (χ1n) is 12.3. The van der Waals surface area contributed by atoms with Gasteiger partial charge in [0.05, 0.1) is 19.3 Å². The summed E-state index contributed by atoms with van der Waals surface area (Å²) in [6.07, 6.45) is 19.4. The first-order chi connectivity index (χ1) is 15.9. The lowest BCUT2D eigenvalue weighted by Crippen LogP contribution is -2.27. The molecule has 1 saturated carbocycles. The van der Waals surface area contributed by atoms with Crippen molar-refractivity contribution in [3.8, 4) is 0 Å². The summed E-state index contributed by atoms with van der Waals surface area (Å²) < 4.78 is 2.00. The fourth-order valence-electron chi connectivity index (χ4n) is 4.82. The van der Waals surface area contributed by atoms with Crippen LogP contribution in [-0.2, 0) is 6.54 Å². The smallest absolute Gasteiger partial charge is 0.168 e. The molecular formula is C28H37N5. The molecule has 5 heteroatoms. The monoisotopic (exact) mass is 443 g/mol.